The number of hydrogen-bond donors (Lipinski definition) is 1. The van der Waals surface area contributed by atoms with E-state index in [-0.39, 0.29) is 35.3 Å². The molecule has 2 aromatic carbocycles. The van der Waals surface area contributed by atoms with Gasteiger partial charge in [0.1, 0.15) is 5.69 Å². The lowest BCUT2D eigenvalue weighted by Crippen LogP contribution is -2.41. The van der Waals surface area contributed by atoms with Crippen LogP contribution in [0.3, 0.4) is 0 Å². The molecule has 49 heavy (non-hydrogen) atoms. The Morgan fingerprint density at radius 1 is 0.673 bits per heavy atom. The maximum Gasteiger partial charge on any atom is 0.305 e. The van der Waals surface area contributed by atoms with E-state index in [0.29, 0.717) is 69.4 Å². The van der Waals surface area contributed by atoms with Gasteiger partial charge >= 0.3 is 5.69 Å². The topological polar surface area (TPSA) is 161 Å². The molecule has 15 heteroatoms. The molecule has 4 saturated heterocycles. The highest BCUT2D eigenvalue weighted by atomic mass is 19.1. The van der Waals surface area contributed by atoms with Crippen LogP contribution in [0.25, 0.3) is 0 Å². The molecule has 2 aromatic rings. The van der Waals surface area contributed by atoms with E-state index >= 15 is 0 Å². The van der Waals surface area contributed by atoms with Gasteiger partial charge in [-0.3, -0.25) is 29.8 Å². The smallest absolute Gasteiger partial charge is 0.305 e. The minimum Gasteiger partial charge on any atom is -0.378 e. The van der Waals surface area contributed by atoms with Gasteiger partial charge in [-0.15, -0.1) is 0 Å². The van der Waals surface area contributed by atoms with E-state index in [0.717, 1.165) is 38.1 Å². The van der Waals surface area contributed by atoms with Gasteiger partial charge in [-0.1, -0.05) is 18.6 Å². The van der Waals surface area contributed by atoms with Crippen LogP contribution in [0, 0.1) is 26.0 Å². The Morgan fingerprint density at radius 2 is 1.14 bits per heavy atom. The van der Waals surface area contributed by atoms with Crippen molar-refractivity contribution in [1.29, 1.82) is 0 Å². The van der Waals surface area contributed by atoms with Gasteiger partial charge in [0.05, 0.1) is 49.1 Å². The summed E-state index contributed by atoms with van der Waals surface area (Å²) in [5.74, 6) is -1.03. The van der Waals surface area contributed by atoms with E-state index in [9.17, 15) is 34.2 Å². The number of anilines is 1. The number of amides is 2. The summed E-state index contributed by atoms with van der Waals surface area (Å²) in [6, 6.07) is 8.71. The summed E-state index contributed by atoms with van der Waals surface area (Å²) < 4.78 is 23.5. The highest BCUT2D eigenvalue weighted by molar-refractivity contribution is 5.80. The van der Waals surface area contributed by atoms with E-state index in [1.54, 1.807) is 21.9 Å². The number of rotatable bonds is 7. The Hall–Kier alpha value is -4.21. The van der Waals surface area contributed by atoms with Crippen molar-refractivity contribution in [3.63, 3.8) is 0 Å². The van der Waals surface area contributed by atoms with Crippen molar-refractivity contribution in [2.75, 3.05) is 83.7 Å². The number of nitrogens with one attached hydrogen (secondary N) is 1. The lowest BCUT2D eigenvalue weighted by molar-refractivity contribution is -0.387. The number of halogens is 1. The van der Waals surface area contributed by atoms with Crippen LogP contribution >= 0.6 is 0 Å². The molecule has 2 amide bonds. The molecule has 6 rings (SSSR count). The third-order valence-corrected chi connectivity index (χ3v) is 8.79. The predicted molar refractivity (Wildman–Crippen MR) is 181 cm³/mol. The molecule has 0 radical (unpaired) electrons. The molecule has 4 aliphatic rings. The molecule has 0 saturated carbocycles. The second kappa shape index (κ2) is 19.7. The first-order chi connectivity index (χ1) is 23.7. The van der Waals surface area contributed by atoms with Crippen molar-refractivity contribution in [2.45, 2.75) is 51.4 Å². The molecule has 0 bridgehead atoms. The zero-order valence-corrected chi connectivity index (χ0v) is 28.0. The quantitative estimate of drug-likeness (QED) is 0.334. The van der Waals surface area contributed by atoms with Crippen molar-refractivity contribution < 1.29 is 33.3 Å². The van der Waals surface area contributed by atoms with Gasteiger partial charge in [0.25, 0.3) is 5.69 Å². The molecule has 0 unspecified atom stereocenters. The van der Waals surface area contributed by atoms with Crippen LogP contribution in [0.2, 0.25) is 0 Å². The molecule has 4 heterocycles. The average Bonchev–Trinajstić information content (AvgIpc) is 3.14. The Balaban J connectivity index is 0.000000192. The number of nitro benzene ring substituents is 2. The van der Waals surface area contributed by atoms with Gasteiger partial charge in [-0.2, -0.15) is 4.39 Å². The number of morpholine rings is 2. The number of hydrogen-bond acceptors (Lipinski definition) is 10. The number of carbonyl (C=O) groups is 2. The highest BCUT2D eigenvalue weighted by Crippen LogP contribution is 2.31. The molecule has 4 aliphatic heterocycles. The molecule has 0 spiro atoms. The van der Waals surface area contributed by atoms with Gasteiger partial charge in [0, 0.05) is 51.4 Å². The minimum absolute atomic E-state index is 0.00156. The zero-order chi connectivity index (χ0) is 35.0. The minimum atomic E-state index is -0.896. The van der Waals surface area contributed by atoms with Crippen LogP contribution in [0.15, 0.2) is 36.4 Å². The summed E-state index contributed by atoms with van der Waals surface area (Å²) in [6.45, 7) is 8.52. The van der Waals surface area contributed by atoms with Gasteiger partial charge in [0.15, 0.2) is 0 Å². The first-order valence-electron chi connectivity index (χ1n) is 17.1. The number of benzene rings is 2. The van der Waals surface area contributed by atoms with Crippen molar-refractivity contribution in [1.82, 2.24) is 15.1 Å². The monoisotopic (exact) mass is 686 g/mol. The van der Waals surface area contributed by atoms with E-state index in [1.165, 1.54) is 44.8 Å². The van der Waals surface area contributed by atoms with Crippen LogP contribution in [0.4, 0.5) is 21.5 Å². The first kappa shape index (κ1) is 37.6. The lowest BCUT2D eigenvalue weighted by Gasteiger charge is -2.29. The number of nitro groups is 2. The second-order valence-corrected chi connectivity index (χ2v) is 12.3. The van der Waals surface area contributed by atoms with Crippen LogP contribution in [-0.2, 0) is 31.9 Å². The van der Waals surface area contributed by atoms with Crippen molar-refractivity contribution in [3.8, 4) is 0 Å². The zero-order valence-electron chi connectivity index (χ0n) is 28.0. The van der Waals surface area contributed by atoms with Crippen LogP contribution < -0.4 is 10.2 Å². The Bertz CT molecular complexity index is 1400. The number of nitrogens with zero attached hydrogens (tertiary/aromatic N) is 5. The fourth-order valence-corrected chi connectivity index (χ4v) is 6.04. The third kappa shape index (κ3) is 12.0. The molecular formula is C34H47FN6O8. The summed E-state index contributed by atoms with van der Waals surface area (Å²) in [7, 11) is 0. The van der Waals surface area contributed by atoms with Gasteiger partial charge in [0.2, 0.25) is 17.6 Å². The highest BCUT2D eigenvalue weighted by Gasteiger charge is 2.24. The second-order valence-electron chi connectivity index (χ2n) is 12.3. The molecule has 0 aliphatic carbocycles. The van der Waals surface area contributed by atoms with Crippen molar-refractivity contribution in [3.05, 3.63) is 73.6 Å². The standard InChI is InChI=1S/C17H23N3O4.C12H13FN2O4.C5H11N/c21-17(19-8-10-24-11-9-19)13-14-4-5-15(16(12-14)20(22)23)18-6-2-1-3-7-18;13-10-2-1-9(7-11(10)15(17)18)8-12(16)14-3-5-19-6-4-14;1-2-4-6-5-3-1/h4-5,12H,1-3,6-11,13H2;1-2,7H,3-6,8H2;6H,1-5H2. The molecule has 1 N–H and O–H groups in total. The Labute approximate surface area is 285 Å². The SMILES string of the molecule is C1CCNCC1.O=C(Cc1ccc(F)c([N+](=O)[O-])c1)N1CCOCC1.O=C(Cc1ccc(N2CCCCC2)c([N+](=O)[O-])c1)N1CCOCC1. The lowest BCUT2D eigenvalue weighted by atomic mass is 10.1. The number of carbonyl (C=O) groups excluding carboxylic acids is 2. The van der Waals surface area contributed by atoms with Gasteiger partial charge < -0.3 is 29.5 Å². The van der Waals surface area contributed by atoms with Crippen LogP contribution in [0.1, 0.15) is 49.7 Å². The van der Waals surface area contributed by atoms with E-state index in [4.69, 9.17) is 9.47 Å². The van der Waals surface area contributed by atoms with Gasteiger partial charge in [-0.05, 0) is 68.5 Å². The summed E-state index contributed by atoms with van der Waals surface area (Å²) in [6.07, 6.45) is 7.74. The van der Waals surface area contributed by atoms with Gasteiger partial charge in [-0.25, -0.2) is 0 Å². The Kier molecular flexibility index (Phi) is 15.1. The fourth-order valence-electron chi connectivity index (χ4n) is 6.04. The maximum atomic E-state index is 13.2. The molecular weight excluding hydrogens is 639 g/mol. The molecule has 268 valence electrons. The maximum absolute atomic E-state index is 13.2. The Morgan fingerprint density at radius 3 is 1.59 bits per heavy atom. The summed E-state index contributed by atoms with van der Waals surface area (Å²) in [5.41, 5.74) is 1.29. The number of ether oxygens (including phenoxy) is 2. The van der Waals surface area contributed by atoms with Crippen molar-refractivity contribution >= 4 is 28.9 Å². The molecule has 14 nitrogen and oxygen atoms in total. The molecule has 4 fully saturated rings. The average molecular weight is 687 g/mol. The predicted octanol–water partition coefficient (Wildman–Crippen LogP) is 3.88. The summed E-state index contributed by atoms with van der Waals surface area (Å²) in [5, 5.41) is 25.4. The third-order valence-electron chi connectivity index (χ3n) is 8.79. The van der Waals surface area contributed by atoms with E-state index < -0.39 is 16.4 Å². The van der Waals surface area contributed by atoms with Crippen LogP contribution in [-0.4, -0.2) is 110 Å². The molecule has 0 aromatic heterocycles. The first-order valence-corrected chi connectivity index (χ1v) is 17.1. The summed E-state index contributed by atoms with van der Waals surface area (Å²) in [4.78, 5) is 50.7. The largest absolute Gasteiger partial charge is 0.378 e. The van der Waals surface area contributed by atoms with Crippen molar-refractivity contribution in [2.24, 2.45) is 0 Å². The normalized spacial score (nSPS) is 17.9. The van der Waals surface area contributed by atoms with E-state index in [1.807, 2.05) is 6.07 Å². The number of piperidine rings is 2. The molecule has 0 atom stereocenters. The van der Waals surface area contributed by atoms with Crippen LogP contribution in [0.5, 0.6) is 0 Å². The summed E-state index contributed by atoms with van der Waals surface area (Å²) >= 11 is 0. The van der Waals surface area contributed by atoms with E-state index in [2.05, 4.69) is 10.2 Å². The fraction of sp³-hybridized carbons (Fsp3) is 0.588.